The molecule has 6 fully saturated rings. The van der Waals surface area contributed by atoms with E-state index in [1.54, 1.807) is 24.3 Å². The largest absolute Gasteiger partial charge is 0.298 e. The van der Waals surface area contributed by atoms with Crippen molar-refractivity contribution in [1.82, 2.24) is 19.6 Å². The molecule has 2 heterocycles. The maximum atomic E-state index is 15.4. The van der Waals surface area contributed by atoms with E-state index in [-0.39, 0.29) is 23.5 Å². The van der Waals surface area contributed by atoms with Gasteiger partial charge in [-0.05, 0) is 73.9 Å². The van der Waals surface area contributed by atoms with Crippen LogP contribution in [-0.2, 0) is 4.79 Å². The van der Waals surface area contributed by atoms with Crippen molar-refractivity contribution in [2.24, 2.45) is 0 Å². The third kappa shape index (κ3) is 4.41. The van der Waals surface area contributed by atoms with Crippen LogP contribution in [0.3, 0.4) is 0 Å². The third-order valence-electron chi connectivity index (χ3n) is 12.1. The van der Waals surface area contributed by atoms with E-state index in [2.05, 4.69) is 19.6 Å². The molecule has 0 bridgehead atoms. The Morgan fingerprint density at radius 3 is 1.24 bits per heavy atom. The second-order valence-electron chi connectivity index (χ2n) is 14.0. The molecule has 2 aliphatic heterocycles. The zero-order valence-electron chi connectivity index (χ0n) is 24.7. The molecule has 2 saturated heterocycles. The van der Waals surface area contributed by atoms with Gasteiger partial charge in [0, 0.05) is 76.3 Å². The van der Waals surface area contributed by atoms with Gasteiger partial charge < -0.3 is 0 Å². The Kier molecular flexibility index (Phi) is 6.82. The van der Waals surface area contributed by atoms with Crippen LogP contribution in [0.1, 0.15) is 74.3 Å². The van der Waals surface area contributed by atoms with Crippen LogP contribution in [0.5, 0.6) is 0 Å². The Labute approximate surface area is 248 Å². The van der Waals surface area contributed by atoms with Crippen molar-refractivity contribution in [3.05, 3.63) is 71.3 Å². The number of nitrogens with zero attached hydrogens (tertiary/aromatic N) is 4. The molecule has 4 aliphatic carbocycles. The highest BCUT2D eigenvalue weighted by atomic mass is 19.1. The molecule has 4 unspecified atom stereocenters. The summed E-state index contributed by atoms with van der Waals surface area (Å²) in [5, 5.41) is 0. The van der Waals surface area contributed by atoms with E-state index in [1.807, 2.05) is 24.3 Å². The molecule has 2 aromatic rings. The number of hydrogen-bond donors (Lipinski definition) is 0. The smallest absolute Gasteiger partial charge is 0.174 e. The highest BCUT2D eigenvalue weighted by Gasteiger charge is 2.75. The topological polar surface area (TPSA) is 30.0 Å². The van der Waals surface area contributed by atoms with Crippen molar-refractivity contribution in [2.45, 2.75) is 86.4 Å². The number of benzene rings is 2. The van der Waals surface area contributed by atoms with Gasteiger partial charge >= 0.3 is 0 Å². The summed E-state index contributed by atoms with van der Waals surface area (Å²) in [6.45, 7) is 7.71. The van der Waals surface area contributed by atoms with E-state index < -0.39 is 11.1 Å². The lowest BCUT2D eigenvalue weighted by Gasteiger charge is -2.48. The molecule has 8 rings (SSSR count). The van der Waals surface area contributed by atoms with E-state index in [9.17, 15) is 8.78 Å². The first kappa shape index (κ1) is 27.4. The normalized spacial score (nSPS) is 35.0. The highest BCUT2D eigenvalue weighted by Crippen LogP contribution is 2.65. The number of halogens is 2. The van der Waals surface area contributed by atoms with Crippen LogP contribution in [0.2, 0.25) is 0 Å². The second-order valence-corrected chi connectivity index (χ2v) is 14.0. The Bertz CT molecular complexity index is 1200. The fourth-order valence-electron chi connectivity index (χ4n) is 9.02. The van der Waals surface area contributed by atoms with Gasteiger partial charge in [0.2, 0.25) is 0 Å². The van der Waals surface area contributed by atoms with Gasteiger partial charge in [-0.2, -0.15) is 0 Å². The molecule has 4 atom stereocenters. The van der Waals surface area contributed by atoms with Crippen molar-refractivity contribution < 1.29 is 13.6 Å². The van der Waals surface area contributed by atoms with Crippen molar-refractivity contribution in [3.8, 4) is 0 Å². The first-order valence-electron chi connectivity index (χ1n) is 16.5. The van der Waals surface area contributed by atoms with E-state index in [1.165, 1.54) is 38.5 Å². The Balaban J connectivity index is 1.11. The monoisotopic (exact) mass is 574 g/mol. The summed E-state index contributed by atoms with van der Waals surface area (Å²) >= 11 is 0. The van der Waals surface area contributed by atoms with Crippen LogP contribution in [0.25, 0.3) is 0 Å². The average Bonchev–Trinajstić information content (AvgIpc) is 3.87. The summed E-state index contributed by atoms with van der Waals surface area (Å²) in [4.78, 5) is 25.7. The lowest BCUT2D eigenvalue weighted by molar-refractivity contribution is -0.136. The quantitative estimate of drug-likeness (QED) is 0.442. The van der Waals surface area contributed by atoms with Gasteiger partial charge in [-0.3, -0.25) is 24.4 Å². The van der Waals surface area contributed by atoms with E-state index in [0.29, 0.717) is 5.78 Å². The summed E-state index contributed by atoms with van der Waals surface area (Å²) in [6, 6.07) is 15.2. The Hall–Kier alpha value is -2.19. The zero-order chi connectivity index (χ0) is 28.5. The molecule has 42 heavy (non-hydrogen) atoms. The summed E-state index contributed by atoms with van der Waals surface area (Å²) < 4.78 is 27.9. The molecule has 0 spiro atoms. The van der Waals surface area contributed by atoms with Gasteiger partial charge in [-0.15, -0.1) is 0 Å². The lowest BCUT2D eigenvalue weighted by Crippen LogP contribution is -2.63. The lowest BCUT2D eigenvalue weighted by atomic mass is 9.87. The van der Waals surface area contributed by atoms with E-state index in [0.717, 1.165) is 88.4 Å². The maximum absolute atomic E-state index is 15.4. The first-order chi connectivity index (χ1) is 20.5. The summed E-state index contributed by atoms with van der Waals surface area (Å²) in [7, 11) is 0. The average molecular weight is 575 g/mol. The number of piperazine rings is 2. The minimum Gasteiger partial charge on any atom is -0.298 e. The number of hydrogen-bond acceptors (Lipinski definition) is 5. The summed E-state index contributed by atoms with van der Waals surface area (Å²) in [5.74, 6) is 0.0781. The fourth-order valence-corrected chi connectivity index (χ4v) is 9.02. The molecule has 0 aromatic heterocycles. The number of ketones is 1. The van der Waals surface area contributed by atoms with Crippen LogP contribution in [0.15, 0.2) is 48.5 Å². The van der Waals surface area contributed by atoms with Gasteiger partial charge in [0.05, 0.1) is 11.1 Å². The molecular formula is C35H44F2N4O. The molecule has 0 radical (unpaired) electrons. The SMILES string of the molecule is O=C(C1(N2CCN(C3CCC3)CC2)CC1c1ccc(F)cc1)C1(N2CCN(C3CCC3)CC2)CC1c1ccc(F)cc1. The van der Waals surface area contributed by atoms with E-state index >= 15 is 4.79 Å². The van der Waals surface area contributed by atoms with E-state index in [4.69, 9.17) is 0 Å². The maximum Gasteiger partial charge on any atom is 0.174 e. The molecule has 4 saturated carbocycles. The molecule has 0 N–H and O–H groups in total. The van der Waals surface area contributed by atoms with Crippen LogP contribution in [0, 0.1) is 11.6 Å². The van der Waals surface area contributed by atoms with Gasteiger partial charge in [-0.25, -0.2) is 8.78 Å². The molecular weight excluding hydrogens is 530 g/mol. The van der Waals surface area contributed by atoms with Gasteiger partial charge in [-0.1, -0.05) is 37.1 Å². The molecule has 0 amide bonds. The van der Waals surface area contributed by atoms with Gasteiger partial charge in [0.15, 0.2) is 5.78 Å². The predicted octanol–water partition coefficient (Wildman–Crippen LogP) is 5.03. The predicted molar refractivity (Wildman–Crippen MR) is 160 cm³/mol. The third-order valence-corrected chi connectivity index (χ3v) is 12.1. The van der Waals surface area contributed by atoms with Crippen molar-refractivity contribution in [3.63, 3.8) is 0 Å². The Morgan fingerprint density at radius 2 is 0.929 bits per heavy atom. The number of Topliss-reactive ketones (excluding diaryl/α,β-unsaturated/α-hetero) is 1. The Morgan fingerprint density at radius 1 is 0.571 bits per heavy atom. The van der Waals surface area contributed by atoms with Crippen molar-refractivity contribution in [2.75, 3.05) is 52.4 Å². The van der Waals surface area contributed by atoms with Gasteiger partial charge in [0.1, 0.15) is 11.6 Å². The molecule has 7 heteroatoms. The highest BCUT2D eigenvalue weighted by molar-refractivity contribution is 6.04. The number of carbonyl (C=O) groups excluding carboxylic acids is 1. The minimum absolute atomic E-state index is 0.0865. The van der Waals surface area contributed by atoms with Crippen LogP contribution in [-0.4, -0.2) is 101 Å². The van der Waals surface area contributed by atoms with Gasteiger partial charge in [0.25, 0.3) is 0 Å². The van der Waals surface area contributed by atoms with Crippen LogP contribution in [0.4, 0.5) is 8.78 Å². The molecule has 224 valence electrons. The number of carbonyl (C=O) groups is 1. The van der Waals surface area contributed by atoms with Crippen molar-refractivity contribution in [1.29, 1.82) is 0 Å². The molecule has 2 aromatic carbocycles. The molecule has 5 nitrogen and oxygen atoms in total. The zero-order valence-corrected chi connectivity index (χ0v) is 24.7. The van der Waals surface area contributed by atoms with Crippen molar-refractivity contribution >= 4 is 5.78 Å². The van der Waals surface area contributed by atoms with Crippen LogP contribution >= 0.6 is 0 Å². The second kappa shape index (κ2) is 10.5. The summed E-state index contributed by atoms with van der Waals surface area (Å²) in [6.07, 6.45) is 9.49. The first-order valence-corrected chi connectivity index (χ1v) is 16.5. The minimum atomic E-state index is -0.552. The standard InChI is InChI=1S/C35H44F2N4O/c36-27-11-7-25(8-12-27)31-23-34(31,40-19-15-38(16-20-40)29-3-1-4-29)33(42)35(24-32(35)26-9-13-28(37)14-10-26)41-21-17-39(18-22-41)30-5-2-6-30/h7-14,29-32H,1-6,15-24H2. The summed E-state index contributed by atoms with van der Waals surface area (Å²) in [5.41, 5.74) is 1.05. The fraction of sp³-hybridized carbons (Fsp3) is 0.629. The molecule has 6 aliphatic rings. The number of rotatable bonds is 8. The van der Waals surface area contributed by atoms with Crippen LogP contribution < -0.4 is 0 Å².